The van der Waals surface area contributed by atoms with Crippen molar-refractivity contribution in [1.29, 1.82) is 0 Å². The molecule has 0 saturated heterocycles. The van der Waals surface area contributed by atoms with Crippen LogP contribution in [-0.2, 0) is 39.2 Å². The van der Waals surface area contributed by atoms with Gasteiger partial charge in [0.05, 0.1) is 19.7 Å². The molecule has 0 unspecified atom stereocenters. The lowest BCUT2D eigenvalue weighted by atomic mass is 10.2. The average Bonchev–Trinajstić information content (AvgIpc) is 3.10. The molecule has 1 heterocycles. The molecular weight excluding hydrogens is 358 g/mol. The van der Waals surface area contributed by atoms with Gasteiger partial charge >= 0.3 is 0 Å². The molecule has 2 amide bonds. The maximum absolute atomic E-state index is 13.1. The topological polar surface area (TPSA) is 64.0 Å². The molecule has 0 atom stereocenters. The van der Waals surface area contributed by atoms with Crippen LogP contribution in [0.15, 0.2) is 48.7 Å². The summed E-state index contributed by atoms with van der Waals surface area (Å²) in [6.07, 6.45) is 1.95. The predicted octanol–water partition coefficient (Wildman–Crippen LogP) is 1.68. The number of nitrogens with zero attached hydrogens (tertiary/aromatic N) is 3. The van der Waals surface area contributed by atoms with Crippen LogP contribution in [0.5, 0.6) is 0 Å². The summed E-state index contributed by atoms with van der Waals surface area (Å²) in [5.74, 6) is -0.350. The van der Waals surface area contributed by atoms with Crippen LogP contribution >= 0.6 is 0 Å². The number of aromatic nitrogens is 1. The van der Waals surface area contributed by atoms with Crippen LogP contribution < -0.4 is 0 Å². The SMILES string of the molecule is COCCN(CC(=O)N(Cc1ccccc1)Cc1cccn1C)C(=O)COC. The van der Waals surface area contributed by atoms with Gasteiger partial charge in [-0.3, -0.25) is 9.59 Å². The van der Waals surface area contributed by atoms with E-state index < -0.39 is 0 Å². The van der Waals surface area contributed by atoms with Gasteiger partial charge in [0.1, 0.15) is 6.61 Å². The van der Waals surface area contributed by atoms with Crippen LogP contribution in [0.1, 0.15) is 11.3 Å². The summed E-state index contributed by atoms with van der Waals surface area (Å²) < 4.78 is 12.0. The zero-order valence-electron chi connectivity index (χ0n) is 16.8. The summed E-state index contributed by atoms with van der Waals surface area (Å²) in [5.41, 5.74) is 2.06. The summed E-state index contributed by atoms with van der Waals surface area (Å²) in [6.45, 7) is 1.57. The zero-order valence-corrected chi connectivity index (χ0v) is 16.8. The molecule has 0 saturated carbocycles. The first kappa shape index (κ1) is 21.7. The minimum absolute atomic E-state index is 0.0111. The Morgan fingerprint density at radius 3 is 2.29 bits per heavy atom. The lowest BCUT2D eigenvalue weighted by Gasteiger charge is -2.28. The van der Waals surface area contributed by atoms with Crippen LogP contribution in [0.2, 0.25) is 0 Å². The molecule has 0 fully saturated rings. The summed E-state index contributed by atoms with van der Waals surface area (Å²) >= 11 is 0. The maximum atomic E-state index is 13.1. The number of carbonyl (C=O) groups is 2. The van der Waals surface area contributed by atoms with Crippen LogP contribution in [-0.4, -0.2) is 66.7 Å². The van der Waals surface area contributed by atoms with E-state index in [4.69, 9.17) is 9.47 Å². The minimum atomic E-state index is -0.230. The number of rotatable bonds is 11. The second kappa shape index (κ2) is 11.3. The summed E-state index contributed by atoms with van der Waals surface area (Å²) in [7, 11) is 4.98. The Morgan fingerprint density at radius 1 is 0.929 bits per heavy atom. The van der Waals surface area contributed by atoms with Crippen molar-refractivity contribution < 1.29 is 19.1 Å². The molecule has 152 valence electrons. The first-order chi connectivity index (χ1) is 13.5. The van der Waals surface area contributed by atoms with Crippen molar-refractivity contribution >= 4 is 11.8 Å². The van der Waals surface area contributed by atoms with Gasteiger partial charge < -0.3 is 23.8 Å². The van der Waals surface area contributed by atoms with Gasteiger partial charge in [-0.1, -0.05) is 30.3 Å². The Kier molecular flexibility index (Phi) is 8.71. The molecule has 0 N–H and O–H groups in total. The van der Waals surface area contributed by atoms with Gasteiger partial charge in [0.15, 0.2) is 0 Å². The fourth-order valence-corrected chi connectivity index (χ4v) is 2.86. The van der Waals surface area contributed by atoms with E-state index in [0.717, 1.165) is 11.3 Å². The molecule has 0 radical (unpaired) electrons. The molecule has 7 nitrogen and oxygen atoms in total. The lowest BCUT2D eigenvalue weighted by Crippen LogP contribution is -2.45. The van der Waals surface area contributed by atoms with Gasteiger partial charge in [-0.2, -0.15) is 0 Å². The highest BCUT2D eigenvalue weighted by Crippen LogP contribution is 2.11. The van der Waals surface area contributed by atoms with Gasteiger partial charge in [-0.15, -0.1) is 0 Å². The predicted molar refractivity (Wildman–Crippen MR) is 106 cm³/mol. The van der Waals surface area contributed by atoms with Crippen molar-refractivity contribution in [3.05, 3.63) is 59.9 Å². The van der Waals surface area contributed by atoms with Gasteiger partial charge in [0.2, 0.25) is 11.8 Å². The van der Waals surface area contributed by atoms with E-state index in [1.807, 2.05) is 60.3 Å². The number of hydrogen-bond donors (Lipinski definition) is 0. The van der Waals surface area contributed by atoms with E-state index in [1.165, 1.54) is 12.0 Å². The van der Waals surface area contributed by atoms with Gasteiger partial charge in [-0.05, 0) is 17.7 Å². The van der Waals surface area contributed by atoms with Crippen LogP contribution in [0.25, 0.3) is 0 Å². The monoisotopic (exact) mass is 387 g/mol. The third-order valence-electron chi connectivity index (χ3n) is 4.49. The quantitative estimate of drug-likeness (QED) is 0.588. The van der Waals surface area contributed by atoms with Crippen molar-refractivity contribution in [3.63, 3.8) is 0 Å². The number of aryl methyl sites for hydroxylation is 1. The maximum Gasteiger partial charge on any atom is 0.249 e. The number of ether oxygens (including phenoxy) is 2. The molecule has 2 aromatic rings. The van der Waals surface area contributed by atoms with Crippen LogP contribution in [0.4, 0.5) is 0 Å². The molecule has 0 aliphatic carbocycles. The van der Waals surface area contributed by atoms with Gasteiger partial charge in [0, 0.05) is 46.2 Å². The van der Waals surface area contributed by atoms with Crippen LogP contribution in [0.3, 0.4) is 0 Å². The van der Waals surface area contributed by atoms with E-state index >= 15 is 0 Å². The number of methoxy groups -OCH3 is 2. The Balaban J connectivity index is 2.15. The standard InChI is InChI=1S/C21H29N3O4/c1-22-11-7-10-19(22)15-24(14-18-8-5-4-6-9-18)20(25)16-23(12-13-27-2)21(26)17-28-3/h4-11H,12-17H2,1-3H3. The van der Waals surface area contributed by atoms with E-state index in [0.29, 0.717) is 26.2 Å². The van der Waals surface area contributed by atoms with Crippen molar-refractivity contribution in [2.24, 2.45) is 7.05 Å². The molecule has 7 heteroatoms. The molecule has 0 spiro atoms. The number of amides is 2. The number of hydrogen-bond acceptors (Lipinski definition) is 4. The smallest absolute Gasteiger partial charge is 0.249 e. The Hall–Kier alpha value is -2.64. The van der Waals surface area contributed by atoms with E-state index in [2.05, 4.69) is 0 Å². The third-order valence-corrected chi connectivity index (χ3v) is 4.49. The lowest BCUT2D eigenvalue weighted by molar-refractivity contribution is -0.143. The second-order valence-electron chi connectivity index (χ2n) is 6.59. The molecule has 28 heavy (non-hydrogen) atoms. The summed E-state index contributed by atoms with van der Waals surface area (Å²) in [6, 6.07) is 13.8. The van der Waals surface area contributed by atoms with Crippen molar-refractivity contribution in [1.82, 2.24) is 14.4 Å². The van der Waals surface area contributed by atoms with E-state index in [-0.39, 0.29) is 25.0 Å². The highest BCUT2D eigenvalue weighted by molar-refractivity contribution is 5.85. The zero-order chi connectivity index (χ0) is 20.4. The third kappa shape index (κ3) is 6.51. The van der Waals surface area contributed by atoms with Crippen molar-refractivity contribution in [3.8, 4) is 0 Å². The minimum Gasteiger partial charge on any atom is -0.383 e. The normalized spacial score (nSPS) is 10.7. The van der Waals surface area contributed by atoms with Crippen LogP contribution in [0, 0.1) is 0 Å². The van der Waals surface area contributed by atoms with Crippen molar-refractivity contribution in [2.45, 2.75) is 13.1 Å². The highest BCUT2D eigenvalue weighted by Gasteiger charge is 2.22. The first-order valence-electron chi connectivity index (χ1n) is 9.22. The fraction of sp³-hybridized carbons (Fsp3) is 0.429. The van der Waals surface area contributed by atoms with E-state index in [9.17, 15) is 9.59 Å². The highest BCUT2D eigenvalue weighted by atomic mass is 16.5. The molecular formula is C21H29N3O4. The molecule has 0 aliphatic rings. The van der Waals surface area contributed by atoms with E-state index in [1.54, 1.807) is 12.0 Å². The molecule has 0 bridgehead atoms. The molecule has 1 aromatic carbocycles. The molecule has 1 aromatic heterocycles. The molecule has 0 aliphatic heterocycles. The Bertz CT molecular complexity index is 745. The van der Waals surface area contributed by atoms with Gasteiger partial charge in [0.25, 0.3) is 0 Å². The summed E-state index contributed by atoms with van der Waals surface area (Å²) in [4.78, 5) is 28.7. The molecule has 2 rings (SSSR count). The number of benzene rings is 1. The Morgan fingerprint density at radius 2 is 1.68 bits per heavy atom. The summed E-state index contributed by atoms with van der Waals surface area (Å²) in [5, 5.41) is 0. The van der Waals surface area contributed by atoms with Gasteiger partial charge in [-0.25, -0.2) is 0 Å². The van der Waals surface area contributed by atoms with Crippen molar-refractivity contribution in [2.75, 3.05) is 40.5 Å². The largest absolute Gasteiger partial charge is 0.383 e. The Labute approximate surface area is 166 Å². The average molecular weight is 387 g/mol. The fourth-order valence-electron chi connectivity index (χ4n) is 2.86. The second-order valence-corrected chi connectivity index (χ2v) is 6.59. The first-order valence-corrected chi connectivity index (χ1v) is 9.22. The number of carbonyl (C=O) groups excluding carboxylic acids is 2.